The van der Waals surface area contributed by atoms with Crippen molar-refractivity contribution in [1.82, 2.24) is 0 Å². The fourth-order valence-corrected chi connectivity index (χ4v) is 1.95. The molecule has 104 valence electrons. The first-order valence-electron chi connectivity index (χ1n) is 6.11. The molecule has 0 fully saturated rings. The summed E-state index contributed by atoms with van der Waals surface area (Å²) in [6.07, 6.45) is 0. The van der Waals surface area contributed by atoms with E-state index in [2.05, 4.69) is 10.6 Å². The standard InChI is InChI=1S/C15H15ClN2O2/c1-20-14-8-7-12(9-13(14)16)18-15(19)10-17-11-5-3-2-4-6-11/h2-9,17H,10H2,1H3,(H,18,19). The van der Waals surface area contributed by atoms with E-state index < -0.39 is 0 Å². The molecule has 0 spiro atoms. The highest BCUT2D eigenvalue weighted by Gasteiger charge is 2.05. The molecule has 0 radical (unpaired) electrons. The number of methoxy groups -OCH3 is 1. The van der Waals surface area contributed by atoms with E-state index >= 15 is 0 Å². The first kappa shape index (κ1) is 14.2. The maximum Gasteiger partial charge on any atom is 0.243 e. The minimum absolute atomic E-state index is 0.143. The van der Waals surface area contributed by atoms with Crippen molar-refractivity contribution in [2.75, 3.05) is 24.3 Å². The zero-order chi connectivity index (χ0) is 14.4. The topological polar surface area (TPSA) is 50.4 Å². The number of carbonyl (C=O) groups is 1. The van der Waals surface area contributed by atoms with Crippen LogP contribution in [-0.2, 0) is 4.79 Å². The second-order valence-electron chi connectivity index (χ2n) is 4.12. The molecule has 0 atom stereocenters. The van der Waals surface area contributed by atoms with Crippen LogP contribution in [0.1, 0.15) is 0 Å². The number of rotatable bonds is 5. The van der Waals surface area contributed by atoms with Crippen LogP contribution in [0.25, 0.3) is 0 Å². The molecule has 0 aliphatic rings. The molecule has 0 bridgehead atoms. The number of hydrogen-bond donors (Lipinski definition) is 2. The summed E-state index contributed by atoms with van der Waals surface area (Å²) in [6, 6.07) is 14.6. The Kier molecular flexibility index (Phi) is 4.85. The van der Waals surface area contributed by atoms with Crippen molar-refractivity contribution in [3.05, 3.63) is 53.6 Å². The molecular weight excluding hydrogens is 276 g/mol. The molecule has 1 amide bonds. The van der Waals surface area contributed by atoms with Gasteiger partial charge in [-0.25, -0.2) is 0 Å². The van der Waals surface area contributed by atoms with Crippen molar-refractivity contribution in [3.8, 4) is 5.75 Å². The van der Waals surface area contributed by atoms with Crippen molar-refractivity contribution < 1.29 is 9.53 Å². The summed E-state index contributed by atoms with van der Waals surface area (Å²) in [5.41, 5.74) is 1.53. The van der Waals surface area contributed by atoms with Crippen LogP contribution in [0.2, 0.25) is 5.02 Å². The number of benzene rings is 2. The summed E-state index contributed by atoms with van der Waals surface area (Å²) >= 11 is 5.99. The fraction of sp³-hybridized carbons (Fsp3) is 0.133. The van der Waals surface area contributed by atoms with Gasteiger partial charge < -0.3 is 15.4 Å². The smallest absolute Gasteiger partial charge is 0.243 e. The second kappa shape index (κ2) is 6.82. The third-order valence-electron chi connectivity index (χ3n) is 2.66. The normalized spacial score (nSPS) is 9.90. The van der Waals surface area contributed by atoms with Crippen molar-refractivity contribution in [3.63, 3.8) is 0 Å². The Morgan fingerprint density at radius 3 is 2.55 bits per heavy atom. The molecular formula is C15H15ClN2O2. The molecule has 0 aliphatic heterocycles. The van der Waals surface area contributed by atoms with E-state index in [1.165, 1.54) is 0 Å². The molecule has 0 aliphatic carbocycles. The lowest BCUT2D eigenvalue weighted by atomic mass is 10.3. The van der Waals surface area contributed by atoms with E-state index in [0.29, 0.717) is 16.5 Å². The fourth-order valence-electron chi connectivity index (χ4n) is 1.69. The maximum atomic E-state index is 11.8. The number of amides is 1. The van der Waals surface area contributed by atoms with Crippen molar-refractivity contribution in [2.24, 2.45) is 0 Å². The van der Waals surface area contributed by atoms with Crippen LogP contribution in [0, 0.1) is 0 Å². The van der Waals surface area contributed by atoms with Crippen LogP contribution in [0.3, 0.4) is 0 Å². The van der Waals surface area contributed by atoms with Gasteiger partial charge in [0, 0.05) is 11.4 Å². The van der Waals surface area contributed by atoms with Gasteiger partial charge in [0.2, 0.25) is 5.91 Å². The third kappa shape index (κ3) is 3.90. The summed E-state index contributed by atoms with van der Waals surface area (Å²) in [4.78, 5) is 11.8. The molecule has 2 rings (SSSR count). The Morgan fingerprint density at radius 2 is 1.90 bits per heavy atom. The Morgan fingerprint density at radius 1 is 1.15 bits per heavy atom. The van der Waals surface area contributed by atoms with E-state index in [-0.39, 0.29) is 12.5 Å². The van der Waals surface area contributed by atoms with Gasteiger partial charge in [0.1, 0.15) is 5.75 Å². The molecule has 2 aromatic rings. The van der Waals surface area contributed by atoms with Crippen molar-refractivity contribution >= 4 is 28.9 Å². The molecule has 0 saturated heterocycles. The molecule has 20 heavy (non-hydrogen) atoms. The first-order valence-corrected chi connectivity index (χ1v) is 6.49. The summed E-state index contributed by atoms with van der Waals surface area (Å²) in [5.74, 6) is 0.433. The molecule has 0 aromatic heterocycles. The number of carbonyl (C=O) groups excluding carboxylic acids is 1. The number of ether oxygens (including phenoxy) is 1. The van der Waals surface area contributed by atoms with E-state index in [1.54, 1.807) is 25.3 Å². The molecule has 0 unspecified atom stereocenters. The van der Waals surface area contributed by atoms with Crippen LogP contribution < -0.4 is 15.4 Å². The van der Waals surface area contributed by atoms with Gasteiger partial charge in [-0.1, -0.05) is 29.8 Å². The predicted octanol–water partition coefficient (Wildman–Crippen LogP) is 3.40. The molecule has 2 aromatic carbocycles. The molecule has 2 N–H and O–H groups in total. The summed E-state index contributed by atoms with van der Waals surface area (Å²) in [5, 5.41) is 6.25. The number of nitrogens with one attached hydrogen (secondary N) is 2. The Labute approximate surface area is 122 Å². The van der Waals surface area contributed by atoms with Crippen LogP contribution in [0.5, 0.6) is 5.75 Å². The van der Waals surface area contributed by atoms with E-state index in [0.717, 1.165) is 5.69 Å². The lowest BCUT2D eigenvalue weighted by Crippen LogP contribution is -2.21. The van der Waals surface area contributed by atoms with Crippen LogP contribution >= 0.6 is 11.6 Å². The SMILES string of the molecule is COc1ccc(NC(=O)CNc2ccccc2)cc1Cl. The van der Waals surface area contributed by atoms with Gasteiger partial charge in [0.05, 0.1) is 18.7 Å². The summed E-state index contributed by atoms with van der Waals surface area (Å²) < 4.78 is 5.05. The van der Waals surface area contributed by atoms with Gasteiger partial charge in [-0.05, 0) is 30.3 Å². The quantitative estimate of drug-likeness (QED) is 0.887. The third-order valence-corrected chi connectivity index (χ3v) is 2.96. The second-order valence-corrected chi connectivity index (χ2v) is 4.52. The molecule has 4 nitrogen and oxygen atoms in total. The van der Waals surface area contributed by atoms with Crippen LogP contribution in [0.4, 0.5) is 11.4 Å². The van der Waals surface area contributed by atoms with Crippen LogP contribution in [-0.4, -0.2) is 19.6 Å². The molecule has 0 saturated carbocycles. The van der Waals surface area contributed by atoms with E-state index in [4.69, 9.17) is 16.3 Å². The van der Waals surface area contributed by atoms with Crippen molar-refractivity contribution in [1.29, 1.82) is 0 Å². The Hall–Kier alpha value is -2.20. The van der Waals surface area contributed by atoms with Crippen LogP contribution in [0.15, 0.2) is 48.5 Å². The molecule has 5 heteroatoms. The van der Waals surface area contributed by atoms with Gasteiger partial charge >= 0.3 is 0 Å². The highest BCUT2D eigenvalue weighted by Crippen LogP contribution is 2.27. The van der Waals surface area contributed by atoms with Gasteiger partial charge in [0.25, 0.3) is 0 Å². The number of halogens is 1. The van der Waals surface area contributed by atoms with E-state index in [9.17, 15) is 4.79 Å². The predicted molar refractivity (Wildman–Crippen MR) is 81.6 cm³/mol. The molecule has 0 heterocycles. The van der Waals surface area contributed by atoms with Gasteiger partial charge in [-0.2, -0.15) is 0 Å². The Bertz CT molecular complexity index is 588. The maximum absolute atomic E-state index is 11.8. The summed E-state index contributed by atoms with van der Waals surface area (Å²) in [7, 11) is 1.54. The largest absolute Gasteiger partial charge is 0.495 e. The Balaban J connectivity index is 1.90. The lowest BCUT2D eigenvalue weighted by Gasteiger charge is -2.09. The van der Waals surface area contributed by atoms with Gasteiger partial charge in [-0.3, -0.25) is 4.79 Å². The highest BCUT2D eigenvalue weighted by molar-refractivity contribution is 6.32. The average molecular weight is 291 g/mol. The average Bonchev–Trinajstić information content (AvgIpc) is 2.46. The first-order chi connectivity index (χ1) is 9.69. The number of hydrogen-bond acceptors (Lipinski definition) is 3. The zero-order valence-corrected chi connectivity index (χ0v) is 11.8. The monoisotopic (exact) mass is 290 g/mol. The lowest BCUT2D eigenvalue weighted by molar-refractivity contribution is -0.114. The zero-order valence-electron chi connectivity index (χ0n) is 11.0. The minimum atomic E-state index is -0.143. The van der Waals surface area contributed by atoms with Gasteiger partial charge in [0.15, 0.2) is 0 Å². The van der Waals surface area contributed by atoms with E-state index in [1.807, 2.05) is 30.3 Å². The number of para-hydroxylation sites is 1. The highest BCUT2D eigenvalue weighted by atomic mass is 35.5. The van der Waals surface area contributed by atoms with Crippen molar-refractivity contribution in [2.45, 2.75) is 0 Å². The summed E-state index contributed by atoms with van der Waals surface area (Å²) in [6.45, 7) is 0.188. The number of anilines is 2. The minimum Gasteiger partial charge on any atom is -0.495 e. The van der Waals surface area contributed by atoms with Gasteiger partial charge in [-0.15, -0.1) is 0 Å².